The van der Waals surface area contributed by atoms with Gasteiger partial charge in [0, 0.05) is 19.4 Å². The minimum atomic E-state index is 0.677. The molecule has 1 nitrogen and oxygen atoms in total. The predicted molar refractivity (Wildman–Crippen MR) is 48.7 cm³/mol. The van der Waals surface area contributed by atoms with Crippen LogP contribution in [0, 0.1) is 5.92 Å². The van der Waals surface area contributed by atoms with Crippen molar-refractivity contribution in [1.82, 2.24) is 4.57 Å². The fourth-order valence-corrected chi connectivity index (χ4v) is 1.18. The van der Waals surface area contributed by atoms with Crippen LogP contribution in [0.5, 0.6) is 0 Å². The van der Waals surface area contributed by atoms with E-state index < -0.39 is 0 Å². The summed E-state index contributed by atoms with van der Waals surface area (Å²) < 4.78 is 2.11. The maximum Gasteiger partial charge on any atom is 0.0106 e. The summed E-state index contributed by atoms with van der Waals surface area (Å²) in [5.74, 6) is 1.41. The van der Waals surface area contributed by atoms with Crippen LogP contribution in [0.25, 0.3) is 0 Å². The second-order valence-corrected chi connectivity index (χ2v) is 3.64. The van der Waals surface area contributed by atoms with Crippen LogP contribution >= 0.6 is 0 Å². The molecular formula is C10H17N. The molecule has 0 saturated heterocycles. The van der Waals surface area contributed by atoms with E-state index in [1.54, 1.807) is 0 Å². The number of rotatable bonds is 2. The van der Waals surface area contributed by atoms with E-state index in [0.29, 0.717) is 5.92 Å². The third-order valence-electron chi connectivity index (χ3n) is 2.38. The predicted octanol–water partition coefficient (Wildman–Crippen LogP) is 2.78. The molecular weight excluding hydrogens is 134 g/mol. The maximum atomic E-state index is 2.28. The minimum Gasteiger partial charge on any atom is -0.357 e. The highest BCUT2D eigenvalue weighted by atomic mass is 14.9. The van der Waals surface area contributed by atoms with E-state index in [9.17, 15) is 0 Å². The molecule has 0 aliphatic heterocycles. The van der Waals surface area contributed by atoms with Gasteiger partial charge in [0.05, 0.1) is 0 Å². The summed E-state index contributed by atoms with van der Waals surface area (Å²) in [6.07, 6.45) is 4.30. The van der Waals surface area contributed by atoms with Gasteiger partial charge in [-0.1, -0.05) is 20.8 Å². The Morgan fingerprint density at radius 1 is 1.27 bits per heavy atom. The van der Waals surface area contributed by atoms with E-state index in [4.69, 9.17) is 0 Å². The van der Waals surface area contributed by atoms with Gasteiger partial charge in [-0.05, 0) is 23.5 Å². The van der Waals surface area contributed by atoms with Crippen LogP contribution in [-0.2, 0) is 7.05 Å². The van der Waals surface area contributed by atoms with Crippen LogP contribution in [0.2, 0.25) is 0 Å². The molecule has 0 spiro atoms. The maximum absolute atomic E-state index is 2.28. The summed E-state index contributed by atoms with van der Waals surface area (Å²) in [7, 11) is 2.07. The third kappa shape index (κ3) is 1.86. The second-order valence-electron chi connectivity index (χ2n) is 3.64. The summed E-state index contributed by atoms with van der Waals surface area (Å²) >= 11 is 0. The van der Waals surface area contributed by atoms with Crippen molar-refractivity contribution in [3.8, 4) is 0 Å². The van der Waals surface area contributed by atoms with Crippen LogP contribution in [0.4, 0.5) is 0 Å². The Morgan fingerprint density at radius 2 is 1.91 bits per heavy atom. The van der Waals surface area contributed by atoms with E-state index >= 15 is 0 Å². The average Bonchev–Trinajstić information content (AvgIpc) is 2.34. The molecule has 0 bridgehead atoms. The molecule has 1 aromatic heterocycles. The molecule has 1 atom stereocenters. The monoisotopic (exact) mass is 151 g/mol. The fourth-order valence-electron chi connectivity index (χ4n) is 1.18. The lowest BCUT2D eigenvalue weighted by molar-refractivity contribution is 0.534. The molecule has 62 valence electrons. The van der Waals surface area contributed by atoms with E-state index in [1.807, 2.05) is 0 Å². The summed E-state index contributed by atoms with van der Waals surface area (Å²) in [4.78, 5) is 0. The molecule has 0 fully saturated rings. The number of hydrogen-bond acceptors (Lipinski definition) is 0. The van der Waals surface area contributed by atoms with Crippen molar-refractivity contribution in [3.63, 3.8) is 0 Å². The van der Waals surface area contributed by atoms with Crippen LogP contribution in [-0.4, -0.2) is 4.57 Å². The van der Waals surface area contributed by atoms with Gasteiger partial charge in [0.25, 0.3) is 0 Å². The molecule has 0 radical (unpaired) electrons. The molecule has 0 aromatic carbocycles. The van der Waals surface area contributed by atoms with E-state index in [2.05, 4.69) is 50.8 Å². The van der Waals surface area contributed by atoms with Crippen LogP contribution in [0.1, 0.15) is 32.3 Å². The highest BCUT2D eigenvalue weighted by Crippen LogP contribution is 2.22. The smallest absolute Gasteiger partial charge is 0.0106 e. The normalized spacial score (nSPS) is 13.9. The van der Waals surface area contributed by atoms with Gasteiger partial charge in [-0.15, -0.1) is 0 Å². The van der Waals surface area contributed by atoms with Gasteiger partial charge in [-0.3, -0.25) is 0 Å². The Morgan fingerprint density at radius 3 is 2.27 bits per heavy atom. The first kappa shape index (κ1) is 8.38. The number of aromatic nitrogens is 1. The van der Waals surface area contributed by atoms with Gasteiger partial charge in [0.1, 0.15) is 0 Å². The molecule has 0 N–H and O–H groups in total. The lowest BCUT2D eigenvalue weighted by Crippen LogP contribution is -2.00. The number of aryl methyl sites for hydroxylation is 1. The summed E-state index contributed by atoms with van der Waals surface area (Å²) in [6.45, 7) is 6.80. The van der Waals surface area contributed by atoms with Crippen LogP contribution < -0.4 is 0 Å². The lowest BCUT2D eigenvalue weighted by Gasteiger charge is -2.13. The fraction of sp³-hybridized carbons (Fsp3) is 0.600. The van der Waals surface area contributed by atoms with Crippen molar-refractivity contribution in [3.05, 3.63) is 24.0 Å². The zero-order valence-electron chi connectivity index (χ0n) is 7.83. The van der Waals surface area contributed by atoms with Crippen molar-refractivity contribution in [2.45, 2.75) is 26.7 Å². The SMILES string of the molecule is CC(C)C(C)c1ccn(C)c1. The zero-order chi connectivity index (χ0) is 8.43. The van der Waals surface area contributed by atoms with Gasteiger partial charge in [-0.2, -0.15) is 0 Å². The minimum absolute atomic E-state index is 0.677. The van der Waals surface area contributed by atoms with Gasteiger partial charge >= 0.3 is 0 Å². The van der Waals surface area contributed by atoms with Gasteiger partial charge in [-0.25, -0.2) is 0 Å². The topological polar surface area (TPSA) is 4.93 Å². The molecule has 1 heteroatoms. The van der Waals surface area contributed by atoms with E-state index in [-0.39, 0.29) is 0 Å². The number of hydrogen-bond donors (Lipinski definition) is 0. The van der Waals surface area contributed by atoms with E-state index in [1.165, 1.54) is 5.56 Å². The summed E-state index contributed by atoms with van der Waals surface area (Å²) in [6, 6.07) is 2.20. The molecule has 11 heavy (non-hydrogen) atoms. The standard InChI is InChI=1S/C10H17N/c1-8(2)9(3)10-5-6-11(4)7-10/h5-9H,1-4H3. The van der Waals surface area contributed by atoms with Crippen LogP contribution in [0.3, 0.4) is 0 Å². The Balaban J connectivity index is 2.76. The molecule has 1 unspecified atom stereocenters. The van der Waals surface area contributed by atoms with Gasteiger partial charge in [0.2, 0.25) is 0 Å². The molecule has 1 heterocycles. The highest BCUT2D eigenvalue weighted by Gasteiger charge is 2.09. The first-order valence-electron chi connectivity index (χ1n) is 4.23. The van der Waals surface area contributed by atoms with Crippen molar-refractivity contribution in [2.24, 2.45) is 13.0 Å². The molecule has 0 aliphatic carbocycles. The van der Waals surface area contributed by atoms with Gasteiger partial charge in [0.15, 0.2) is 0 Å². The summed E-state index contributed by atoms with van der Waals surface area (Å²) in [5, 5.41) is 0. The van der Waals surface area contributed by atoms with Crippen molar-refractivity contribution < 1.29 is 0 Å². The quantitative estimate of drug-likeness (QED) is 0.612. The Labute approximate surface area is 69.0 Å². The van der Waals surface area contributed by atoms with Crippen molar-refractivity contribution in [1.29, 1.82) is 0 Å². The van der Waals surface area contributed by atoms with Crippen LogP contribution in [0.15, 0.2) is 18.5 Å². The molecule has 1 aromatic rings. The molecule has 0 amide bonds. The average molecular weight is 151 g/mol. The highest BCUT2D eigenvalue weighted by molar-refractivity contribution is 5.15. The third-order valence-corrected chi connectivity index (χ3v) is 2.38. The Hall–Kier alpha value is -0.720. The van der Waals surface area contributed by atoms with E-state index in [0.717, 1.165) is 5.92 Å². The Kier molecular flexibility index (Phi) is 2.38. The van der Waals surface area contributed by atoms with Crippen molar-refractivity contribution in [2.75, 3.05) is 0 Å². The second kappa shape index (κ2) is 3.12. The van der Waals surface area contributed by atoms with Gasteiger partial charge < -0.3 is 4.57 Å². The Bertz CT molecular complexity index is 223. The summed E-state index contributed by atoms with van der Waals surface area (Å²) in [5.41, 5.74) is 1.45. The molecule has 1 rings (SSSR count). The first-order valence-corrected chi connectivity index (χ1v) is 4.23. The molecule has 0 aliphatic rings. The first-order chi connectivity index (χ1) is 5.11. The van der Waals surface area contributed by atoms with Crippen molar-refractivity contribution >= 4 is 0 Å². The number of nitrogens with zero attached hydrogens (tertiary/aromatic N) is 1. The zero-order valence-corrected chi connectivity index (χ0v) is 7.83. The lowest BCUT2D eigenvalue weighted by atomic mass is 9.92. The molecule has 0 saturated carbocycles. The largest absolute Gasteiger partial charge is 0.357 e.